The third-order valence-electron chi connectivity index (χ3n) is 5.80. The van der Waals surface area contributed by atoms with Gasteiger partial charge in [-0.2, -0.15) is 0 Å². The van der Waals surface area contributed by atoms with Crippen molar-refractivity contribution in [2.75, 3.05) is 13.7 Å². The fraction of sp³-hybridized carbons (Fsp3) is 0.571. The molecule has 1 aromatic heterocycles. The largest absolute Gasteiger partial charge is 0.497 e. The normalized spacial score (nSPS) is 19.6. The van der Waals surface area contributed by atoms with E-state index in [1.807, 2.05) is 29.2 Å². The van der Waals surface area contributed by atoms with Gasteiger partial charge in [-0.1, -0.05) is 18.6 Å². The van der Waals surface area contributed by atoms with E-state index < -0.39 is 0 Å². The Morgan fingerprint density at radius 3 is 2.78 bits per heavy atom. The number of fused-ring (bicyclic) bond motifs is 1. The first kappa shape index (κ1) is 18.0. The number of carbonyl (C=O) groups is 1. The molecule has 6 heteroatoms. The van der Waals surface area contributed by atoms with Gasteiger partial charge in [0.05, 0.1) is 13.2 Å². The SMILES string of the molecule is COc1ccc(CCC(=O)N2CCC[C@H]2c2nnc3n2CCCCC3)cc1. The molecule has 1 atom stereocenters. The number of benzene rings is 1. The van der Waals surface area contributed by atoms with Crippen molar-refractivity contribution in [3.8, 4) is 5.75 Å². The van der Waals surface area contributed by atoms with Crippen LogP contribution in [0, 0.1) is 0 Å². The van der Waals surface area contributed by atoms with Gasteiger partial charge < -0.3 is 14.2 Å². The maximum Gasteiger partial charge on any atom is 0.223 e. The topological polar surface area (TPSA) is 60.2 Å². The van der Waals surface area contributed by atoms with E-state index in [0.717, 1.165) is 61.7 Å². The number of carbonyl (C=O) groups excluding carboxylic acids is 1. The van der Waals surface area contributed by atoms with Crippen molar-refractivity contribution in [3.63, 3.8) is 0 Å². The highest BCUT2D eigenvalue weighted by atomic mass is 16.5. The molecule has 1 amide bonds. The van der Waals surface area contributed by atoms with Crippen LogP contribution in [0.25, 0.3) is 0 Å². The number of nitrogens with zero attached hydrogens (tertiary/aromatic N) is 4. The van der Waals surface area contributed by atoms with Crippen molar-refractivity contribution >= 4 is 5.91 Å². The molecule has 2 aliphatic heterocycles. The summed E-state index contributed by atoms with van der Waals surface area (Å²) in [5.74, 6) is 3.17. The highest BCUT2D eigenvalue weighted by Crippen LogP contribution is 2.33. The van der Waals surface area contributed by atoms with Gasteiger partial charge in [0, 0.05) is 25.9 Å². The Kier molecular flexibility index (Phi) is 5.41. The summed E-state index contributed by atoms with van der Waals surface area (Å²) in [6, 6.07) is 8.05. The molecule has 27 heavy (non-hydrogen) atoms. The van der Waals surface area contributed by atoms with Crippen LogP contribution >= 0.6 is 0 Å². The second-order valence-electron chi connectivity index (χ2n) is 7.53. The summed E-state index contributed by atoms with van der Waals surface area (Å²) in [6.07, 6.45) is 7.94. The lowest BCUT2D eigenvalue weighted by atomic mass is 10.1. The zero-order valence-corrected chi connectivity index (χ0v) is 16.1. The lowest BCUT2D eigenvalue weighted by Gasteiger charge is -2.25. The van der Waals surface area contributed by atoms with Crippen molar-refractivity contribution in [1.82, 2.24) is 19.7 Å². The summed E-state index contributed by atoms with van der Waals surface area (Å²) in [5.41, 5.74) is 1.16. The zero-order valence-electron chi connectivity index (χ0n) is 16.1. The zero-order chi connectivity index (χ0) is 18.6. The molecule has 2 aliphatic rings. The Bertz CT molecular complexity index is 784. The van der Waals surface area contributed by atoms with Gasteiger partial charge in [0.15, 0.2) is 5.82 Å². The number of likely N-dealkylation sites (tertiary alicyclic amines) is 1. The van der Waals surface area contributed by atoms with E-state index >= 15 is 0 Å². The Hall–Kier alpha value is -2.37. The van der Waals surface area contributed by atoms with Crippen LogP contribution in [0.5, 0.6) is 5.75 Å². The van der Waals surface area contributed by atoms with Crippen molar-refractivity contribution < 1.29 is 9.53 Å². The van der Waals surface area contributed by atoms with Gasteiger partial charge in [-0.3, -0.25) is 4.79 Å². The van der Waals surface area contributed by atoms with E-state index in [9.17, 15) is 4.79 Å². The van der Waals surface area contributed by atoms with Gasteiger partial charge in [-0.25, -0.2) is 0 Å². The molecule has 3 heterocycles. The van der Waals surface area contributed by atoms with E-state index in [0.29, 0.717) is 6.42 Å². The van der Waals surface area contributed by atoms with Gasteiger partial charge in [0.1, 0.15) is 11.6 Å². The van der Waals surface area contributed by atoms with E-state index in [1.165, 1.54) is 19.3 Å². The number of hydrogen-bond acceptors (Lipinski definition) is 4. The number of methoxy groups -OCH3 is 1. The van der Waals surface area contributed by atoms with Gasteiger partial charge in [0.25, 0.3) is 0 Å². The Morgan fingerprint density at radius 2 is 1.96 bits per heavy atom. The maximum absolute atomic E-state index is 12.9. The standard InChI is InChI=1S/C21H28N4O2/c1-27-17-11-8-16(9-12-17)10-13-20(26)24-15-5-6-18(24)21-23-22-19-7-3-2-4-14-25(19)21/h8-9,11-12,18H,2-7,10,13-15H2,1H3/t18-/m0/s1. The molecule has 0 saturated carbocycles. The van der Waals surface area contributed by atoms with Crippen molar-refractivity contribution in [2.24, 2.45) is 0 Å². The van der Waals surface area contributed by atoms with Crippen molar-refractivity contribution in [3.05, 3.63) is 41.5 Å². The summed E-state index contributed by atoms with van der Waals surface area (Å²) in [5, 5.41) is 8.92. The van der Waals surface area contributed by atoms with Crippen LogP contribution in [0.3, 0.4) is 0 Å². The molecule has 0 unspecified atom stereocenters. The van der Waals surface area contributed by atoms with Crippen LogP contribution in [0.2, 0.25) is 0 Å². The molecule has 2 aromatic rings. The van der Waals surface area contributed by atoms with Crippen LogP contribution in [0.4, 0.5) is 0 Å². The first-order valence-electron chi connectivity index (χ1n) is 10.1. The van der Waals surface area contributed by atoms with Gasteiger partial charge >= 0.3 is 0 Å². The Balaban J connectivity index is 1.43. The lowest BCUT2D eigenvalue weighted by Crippen LogP contribution is -2.32. The van der Waals surface area contributed by atoms with E-state index in [4.69, 9.17) is 4.74 Å². The Labute approximate surface area is 160 Å². The van der Waals surface area contributed by atoms with Crippen LogP contribution in [-0.4, -0.2) is 39.2 Å². The predicted molar refractivity (Wildman–Crippen MR) is 103 cm³/mol. The summed E-state index contributed by atoms with van der Waals surface area (Å²) in [7, 11) is 1.66. The number of ether oxygens (including phenoxy) is 1. The third kappa shape index (κ3) is 3.84. The smallest absolute Gasteiger partial charge is 0.223 e. The van der Waals surface area contributed by atoms with Crippen molar-refractivity contribution in [1.29, 1.82) is 0 Å². The first-order chi connectivity index (χ1) is 13.3. The summed E-state index contributed by atoms with van der Waals surface area (Å²) < 4.78 is 7.48. The number of hydrogen-bond donors (Lipinski definition) is 0. The molecular weight excluding hydrogens is 340 g/mol. The van der Waals surface area contributed by atoms with E-state index in [-0.39, 0.29) is 11.9 Å². The molecule has 0 spiro atoms. The second kappa shape index (κ2) is 8.11. The monoisotopic (exact) mass is 368 g/mol. The average Bonchev–Trinajstić information content (AvgIpc) is 3.27. The summed E-state index contributed by atoms with van der Waals surface area (Å²) in [4.78, 5) is 15.0. The number of rotatable bonds is 5. The fourth-order valence-corrected chi connectivity index (χ4v) is 4.27. The molecule has 144 valence electrons. The predicted octanol–water partition coefficient (Wildman–Crippen LogP) is 3.31. The third-order valence-corrected chi connectivity index (χ3v) is 5.80. The van der Waals surface area contributed by atoms with E-state index in [1.54, 1.807) is 7.11 Å². The number of aromatic nitrogens is 3. The molecule has 1 saturated heterocycles. The fourth-order valence-electron chi connectivity index (χ4n) is 4.27. The van der Waals surface area contributed by atoms with Crippen LogP contribution < -0.4 is 4.74 Å². The van der Waals surface area contributed by atoms with Gasteiger partial charge in [-0.15, -0.1) is 10.2 Å². The quantitative estimate of drug-likeness (QED) is 0.812. The summed E-state index contributed by atoms with van der Waals surface area (Å²) >= 11 is 0. The van der Waals surface area contributed by atoms with Crippen LogP contribution in [0.15, 0.2) is 24.3 Å². The van der Waals surface area contributed by atoms with Crippen LogP contribution in [0.1, 0.15) is 61.8 Å². The first-order valence-corrected chi connectivity index (χ1v) is 10.1. The van der Waals surface area contributed by atoms with Gasteiger partial charge in [-0.05, 0) is 49.8 Å². The molecule has 0 bridgehead atoms. The molecule has 4 rings (SSSR count). The lowest BCUT2D eigenvalue weighted by molar-refractivity contribution is -0.132. The van der Waals surface area contributed by atoms with E-state index in [2.05, 4.69) is 14.8 Å². The highest BCUT2D eigenvalue weighted by Gasteiger charge is 2.34. The van der Waals surface area contributed by atoms with Crippen molar-refractivity contribution in [2.45, 2.75) is 64.0 Å². The Morgan fingerprint density at radius 1 is 1.11 bits per heavy atom. The minimum atomic E-state index is 0.0905. The minimum Gasteiger partial charge on any atom is -0.497 e. The molecule has 1 fully saturated rings. The second-order valence-corrected chi connectivity index (χ2v) is 7.53. The molecule has 0 N–H and O–H groups in total. The summed E-state index contributed by atoms with van der Waals surface area (Å²) in [6.45, 7) is 1.82. The molecular formula is C21H28N4O2. The highest BCUT2D eigenvalue weighted by molar-refractivity contribution is 5.77. The number of aryl methyl sites for hydroxylation is 2. The molecule has 0 aliphatic carbocycles. The van der Waals surface area contributed by atoms with Crippen LogP contribution in [-0.2, 0) is 24.2 Å². The minimum absolute atomic E-state index is 0.0905. The molecule has 0 radical (unpaired) electrons. The average molecular weight is 368 g/mol. The molecule has 1 aromatic carbocycles. The maximum atomic E-state index is 12.9. The number of amides is 1. The molecule has 6 nitrogen and oxygen atoms in total. The van der Waals surface area contributed by atoms with Gasteiger partial charge in [0.2, 0.25) is 5.91 Å².